The summed E-state index contributed by atoms with van der Waals surface area (Å²) in [5.41, 5.74) is 7.22. The molecule has 0 aromatic heterocycles. The maximum atomic E-state index is 5.98. The van der Waals surface area contributed by atoms with Crippen molar-refractivity contribution in [3.05, 3.63) is 35.9 Å². The third-order valence-electron chi connectivity index (χ3n) is 4.15. The van der Waals surface area contributed by atoms with Crippen molar-refractivity contribution in [1.29, 1.82) is 0 Å². The molecule has 2 nitrogen and oxygen atoms in total. The first-order chi connectivity index (χ1) is 9.18. The Kier molecular flexibility index (Phi) is 5.34. The topological polar surface area (TPSA) is 29.3 Å². The Labute approximate surface area is 122 Å². The van der Waals surface area contributed by atoms with Crippen molar-refractivity contribution in [3.63, 3.8) is 0 Å². The van der Waals surface area contributed by atoms with Gasteiger partial charge in [-0.25, -0.2) is 0 Å². The lowest BCUT2D eigenvalue weighted by molar-refractivity contribution is 0.211. The highest BCUT2D eigenvalue weighted by atomic mass is 32.1. The van der Waals surface area contributed by atoms with Gasteiger partial charge in [-0.05, 0) is 31.9 Å². The second-order valence-electron chi connectivity index (χ2n) is 5.56. The first kappa shape index (κ1) is 14.5. The van der Waals surface area contributed by atoms with Crippen molar-refractivity contribution in [3.8, 4) is 0 Å². The summed E-state index contributed by atoms with van der Waals surface area (Å²) < 4.78 is 0. The van der Waals surface area contributed by atoms with Gasteiger partial charge in [0.25, 0.3) is 0 Å². The fraction of sp³-hybridized carbons (Fsp3) is 0.562. The van der Waals surface area contributed by atoms with Gasteiger partial charge in [-0.15, -0.1) is 0 Å². The van der Waals surface area contributed by atoms with Gasteiger partial charge in [-0.2, -0.15) is 0 Å². The van der Waals surface area contributed by atoms with Gasteiger partial charge in [0.15, 0.2) is 0 Å². The van der Waals surface area contributed by atoms with E-state index < -0.39 is 0 Å². The van der Waals surface area contributed by atoms with Crippen LogP contribution in [0.1, 0.15) is 44.1 Å². The van der Waals surface area contributed by atoms with Crippen molar-refractivity contribution < 1.29 is 0 Å². The summed E-state index contributed by atoms with van der Waals surface area (Å²) in [6, 6.07) is 11.1. The molecule has 1 fully saturated rings. The van der Waals surface area contributed by atoms with E-state index >= 15 is 0 Å². The molecule has 1 saturated heterocycles. The molecule has 1 heterocycles. The van der Waals surface area contributed by atoms with E-state index in [0.717, 1.165) is 6.54 Å². The Bertz CT molecular complexity index is 404. The van der Waals surface area contributed by atoms with Crippen molar-refractivity contribution in [2.75, 3.05) is 13.1 Å². The summed E-state index contributed by atoms with van der Waals surface area (Å²) in [6.45, 7) is 4.46. The minimum Gasteiger partial charge on any atom is -0.393 e. The van der Waals surface area contributed by atoms with E-state index in [0.29, 0.717) is 11.0 Å². The van der Waals surface area contributed by atoms with E-state index in [9.17, 15) is 0 Å². The molecule has 2 atom stereocenters. The summed E-state index contributed by atoms with van der Waals surface area (Å²) >= 11 is 5.29. The molecule has 0 saturated carbocycles. The van der Waals surface area contributed by atoms with Gasteiger partial charge in [0.1, 0.15) is 0 Å². The molecule has 0 spiro atoms. The van der Waals surface area contributed by atoms with Crippen LogP contribution in [-0.4, -0.2) is 29.0 Å². The van der Waals surface area contributed by atoms with Crippen LogP contribution in [0.2, 0.25) is 0 Å². The number of rotatable bonds is 4. The number of benzene rings is 1. The minimum absolute atomic E-state index is 0.178. The van der Waals surface area contributed by atoms with E-state index in [4.69, 9.17) is 18.0 Å². The Morgan fingerprint density at radius 2 is 2.05 bits per heavy atom. The molecule has 1 aromatic rings. The fourth-order valence-electron chi connectivity index (χ4n) is 2.89. The van der Waals surface area contributed by atoms with Gasteiger partial charge in [0.2, 0.25) is 0 Å². The van der Waals surface area contributed by atoms with Crippen LogP contribution in [0.5, 0.6) is 0 Å². The lowest BCUT2D eigenvalue weighted by atomic mass is 9.97. The molecule has 0 aliphatic carbocycles. The maximum absolute atomic E-state index is 5.98. The SMILES string of the molecule is CC1CCCCCN1CC(C(N)=S)c1ccccc1. The van der Waals surface area contributed by atoms with Gasteiger partial charge in [0, 0.05) is 18.5 Å². The summed E-state index contributed by atoms with van der Waals surface area (Å²) in [5.74, 6) is 0.178. The zero-order chi connectivity index (χ0) is 13.7. The molecule has 104 valence electrons. The number of hydrogen-bond acceptors (Lipinski definition) is 2. The molecule has 0 amide bonds. The molecule has 3 heteroatoms. The van der Waals surface area contributed by atoms with Gasteiger partial charge in [0.05, 0.1) is 4.99 Å². The molecule has 2 N–H and O–H groups in total. The van der Waals surface area contributed by atoms with Gasteiger partial charge in [-0.3, -0.25) is 4.90 Å². The maximum Gasteiger partial charge on any atom is 0.0816 e. The zero-order valence-corrected chi connectivity index (χ0v) is 12.5. The lowest BCUT2D eigenvalue weighted by Crippen LogP contribution is -2.39. The van der Waals surface area contributed by atoms with Crippen molar-refractivity contribution in [2.45, 2.75) is 44.6 Å². The molecule has 2 rings (SSSR count). The minimum atomic E-state index is 0.178. The van der Waals surface area contributed by atoms with E-state index in [1.165, 1.54) is 37.8 Å². The average Bonchev–Trinajstić information content (AvgIpc) is 2.61. The van der Waals surface area contributed by atoms with Crippen LogP contribution in [0.25, 0.3) is 0 Å². The molecule has 0 bridgehead atoms. The Balaban J connectivity index is 2.10. The van der Waals surface area contributed by atoms with Gasteiger partial charge >= 0.3 is 0 Å². The Morgan fingerprint density at radius 3 is 2.74 bits per heavy atom. The number of nitrogens with zero attached hydrogens (tertiary/aromatic N) is 1. The molecule has 2 unspecified atom stereocenters. The van der Waals surface area contributed by atoms with Gasteiger partial charge < -0.3 is 5.73 Å². The van der Waals surface area contributed by atoms with Crippen LogP contribution in [0, 0.1) is 0 Å². The highest BCUT2D eigenvalue weighted by Crippen LogP contribution is 2.22. The van der Waals surface area contributed by atoms with Crippen LogP contribution in [0.15, 0.2) is 30.3 Å². The van der Waals surface area contributed by atoms with E-state index in [-0.39, 0.29) is 5.92 Å². The van der Waals surface area contributed by atoms with Crippen molar-refractivity contribution in [1.82, 2.24) is 4.90 Å². The van der Waals surface area contributed by atoms with Crippen LogP contribution in [0.4, 0.5) is 0 Å². The normalized spacial score (nSPS) is 22.7. The van der Waals surface area contributed by atoms with Crippen LogP contribution >= 0.6 is 12.2 Å². The van der Waals surface area contributed by atoms with Crippen molar-refractivity contribution in [2.24, 2.45) is 5.73 Å². The Hall–Kier alpha value is -0.930. The van der Waals surface area contributed by atoms with E-state index in [1.54, 1.807) is 0 Å². The molecular formula is C16H24N2S. The third kappa shape index (κ3) is 4.02. The zero-order valence-electron chi connectivity index (χ0n) is 11.7. The second kappa shape index (κ2) is 7.01. The quantitative estimate of drug-likeness (QED) is 0.855. The van der Waals surface area contributed by atoms with E-state index in [2.05, 4.69) is 36.1 Å². The van der Waals surface area contributed by atoms with Gasteiger partial charge in [-0.1, -0.05) is 55.4 Å². The summed E-state index contributed by atoms with van der Waals surface area (Å²) in [4.78, 5) is 3.17. The molecule has 1 aliphatic heterocycles. The highest BCUT2D eigenvalue weighted by Gasteiger charge is 2.23. The lowest BCUT2D eigenvalue weighted by Gasteiger charge is -2.30. The van der Waals surface area contributed by atoms with Crippen LogP contribution in [-0.2, 0) is 0 Å². The largest absolute Gasteiger partial charge is 0.393 e. The van der Waals surface area contributed by atoms with Crippen LogP contribution < -0.4 is 5.73 Å². The smallest absolute Gasteiger partial charge is 0.0816 e. The predicted octanol–water partition coefficient (Wildman–Crippen LogP) is 3.32. The summed E-state index contributed by atoms with van der Waals surface area (Å²) in [6.07, 6.45) is 5.28. The van der Waals surface area contributed by atoms with Crippen LogP contribution in [0.3, 0.4) is 0 Å². The second-order valence-corrected chi connectivity index (χ2v) is 6.03. The first-order valence-corrected chi connectivity index (χ1v) is 7.67. The number of hydrogen-bond donors (Lipinski definition) is 1. The molecule has 19 heavy (non-hydrogen) atoms. The monoisotopic (exact) mass is 276 g/mol. The van der Waals surface area contributed by atoms with Crippen molar-refractivity contribution >= 4 is 17.2 Å². The first-order valence-electron chi connectivity index (χ1n) is 7.27. The number of nitrogens with two attached hydrogens (primary N) is 1. The molecule has 1 aliphatic rings. The average molecular weight is 276 g/mol. The number of thiocarbonyl (C=S) groups is 1. The summed E-state index contributed by atoms with van der Waals surface area (Å²) in [5, 5.41) is 0. The highest BCUT2D eigenvalue weighted by molar-refractivity contribution is 7.80. The third-order valence-corrected chi connectivity index (χ3v) is 4.44. The van der Waals surface area contributed by atoms with E-state index in [1.807, 2.05) is 6.07 Å². The Morgan fingerprint density at radius 1 is 1.32 bits per heavy atom. The summed E-state index contributed by atoms with van der Waals surface area (Å²) in [7, 11) is 0. The predicted molar refractivity (Wildman–Crippen MR) is 85.5 cm³/mol. The molecular weight excluding hydrogens is 252 g/mol. The standard InChI is InChI=1S/C16H24N2S/c1-13-8-4-3-7-11-18(13)12-15(16(17)19)14-9-5-2-6-10-14/h2,5-6,9-10,13,15H,3-4,7-8,11-12H2,1H3,(H2,17,19). The number of likely N-dealkylation sites (tertiary alicyclic amines) is 1. The molecule has 1 aromatic carbocycles. The fourth-order valence-corrected chi connectivity index (χ4v) is 3.10. The molecule has 0 radical (unpaired) electrons.